The van der Waals surface area contributed by atoms with E-state index in [2.05, 4.69) is 6.92 Å². The molecule has 0 rings (SSSR count). The van der Waals surface area contributed by atoms with Crippen LogP contribution in [0.15, 0.2) is 0 Å². The van der Waals surface area contributed by atoms with Gasteiger partial charge in [-0.15, -0.1) is 0 Å². The maximum Gasteiger partial charge on any atom is 0.192 e. The van der Waals surface area contributed by atoms with Crippen molar-refractivity contribution in [3.8, 4) is 0 Å². The van der Waals surface area contributed by atoms with Gasteiger partial charge in [0.2, 0.25) is 0 Å². The number of hydrogen-bond donors (Lipinski definition) is 0. The summed E-state index contributed by atoms with van der Waals surface area (Å²) in [6, 6.07) is 0. The molecule has 0 amide bonds. The Morgan fingerprint density at radius 3 is 2.00 bits per heavy atom. The lowest BCUT2D eigenvalue weighted by molar-refractivity contribution is -0.308. The third-order valence-electron chi connectivity index (χ3n) is 0.775. The van der Waals surface area contributed by atoms with Crippen LogP contribution in [0.1, 0.15) is 6.92 Å². The molecule has 0 heterocycles. The van der Waals surface area contributed by atoms with E-state index in [1.54, 1.807) is 0 Å². The molecular weight excluding hydrogens is 108 g/mol. The van der Waals surface area contributed by atoms with E-state index in [9.17, 15) is 14.7 Å². The van der Waals surface area contributed by atoms with Crippen molar-refractivity contribution in [1.29, 1.82) is 0 Å². The monoisotopic (exact) mass is 114 g/mol. The van der Waals surface area contributed by atoms with Crippen LogP contribution in [-0.2, 0) is 9.59 Å². The summed E-state index contributed by atoms with van der Waals surface area (Å²) in [6.07, 6.45) is 0. The predicted octanol–water partition coefficient (Wildman–Crippen LogP) is -1.22. The highest BCUT2D eigenvalue weighted by atomic mass is 16.4. The predicted molar refractivity (Wildman–Crippen MR) is 24.5 cm³/mol. The number of Topliss-reactive ketones (excluding diaryl/α,β-unsaturated/α-hetero) is 1. The minimum atomic E-state index is -1.42. The maximum atomic E-state index is 10.1. The Labute approximate surface area is 47.3 Å². The van der Waals surface area contributed by atoms with E-state index >= 15 is 0 Å². The molecule has 0 aromatic rings. The van der Waals surface area contributed by atoms with Crippen LogP contribution in [0.3, 0.4) is 0 Å². The van der Waals surface area contributed by atoms with E-state index in [4.69, 9.17) is 0 Å². The number of carbonyl (C=O) groups excluding carboxylic acids is 2. The number of carboxylic acid groups (broad SMARTS) is 1. The van der Waals surface area contributed by atoms with Gasteiger partial charge in [0, 0.05) is 0 Å². The molecule has 0 bridgehead atoms. The fraction of sp³-hybridized carbons (Fsp3) is 0.400. The normalized spacial score (nSPS) is 12.6. The summed E-state index contributed by atoms with van der Waals surface area (Å²) in [4.78, 5) is 19.8. The van der Waals surface area contributed by atoms with E-state index in [-0.39, 0.29) is 0 Å². The van der Waals surface area contributed by atoms with Crippen LogP contribution >= 0.6 is 0 Å². The van der Waals surface area contributed by atoms with Gasteiger partial charge >= 0.3 is 0 Å². The van der Waals surface area contributed by atoms with Crippen LogP contribution in [0.2, 0.25) is 0 Å². The van der Waals surface area contributed by atoms with Gasteiger partial charge in [0.05, 0.1) is 12.9 Å². The third-order valence-corrected chi connectivity index (χ3v) is 0.775. The molecular formula is C5H6O3. The SMILES string of the molecule is [CH2+]C(C(C)=O)C(=O)[O-]. The Balaban J connectivity index is 3.83. The molecule has 1 unspecified atom stereocenters. The van der Waals surface area contributed by atoms with Gasteiger partial charge in [0.15, 0.2) is 11.7 Å². The molecule has 1 atom stereocenters. The number of ketones is 1. The number of carbonyl (C=O) groups is 2. The molecule has 0 aliphatic carbocycles. The smallest absolute Gasteiger partial charge is 0.192 e. The van der Waals surface area contributed by atoms with Crippen molar-refractivity contribution in [3.63, 3.8) is 0 Å². The lowest BCUT2D eigenvalue weighted by Crippen LogP contribution is -2.33. The summed E-state index contributed by atoms with van der Waals surface area (Å²) in [7, 11) is 0. The fourth-order valence-electron chi connectivity index (χ4n) is 0.166. The van der Waals surface area contributed by atoms with Crippen LogP contribution in [0.4, 0.5) is 0 Å². The van der Waals surface area contributed by atoms with Crippen molar-refractivity contribution < 1.29 is 14.7 Å². The average Bonchev–Trinajstić information content (AvgIpc) is 1.64. The molecule has 44 valence electrons. The highest BCUT2D eigenvalue weighted by Gasteiger charge is 2.14. The first kappa shape index (κ1) is 7.01. The zero-order valence-electron chi connectivity index (χ0n) is 4.51. The van der Waals surface area contributed by atoms with Gasteiger partial charge in [-0.1, -0.05) is 0 Å². The molecule has 0 N–H and O–H groups in total. The first-order valence-corrected chi connectivity index (χ1v) is 2.10. The minimum absolute atomic E-state index is 0.481. The molecule has 8 heavy (non-hydrogen) atoms. The molecule has 3 nitrogen and oxygen atoms in total. The van der Waals surface area contributed by atoms with Crippen LogP contribution in [0.25, 0.3) is 0 Å². The quantitative estimate of drug-likeness (QED) is 0.334. The van der Waals surface area contributed by atoms with Gasteiger partial charge in [-0.2, -0.15) is 0 Å². The molecule has 0 radical (unpaired) electrons. The fourth-order valence-corrected chi connectivity index (χ4v) is 0.166. The molecule has 0 spiro atoms. The summed E-state index contributed by atoms with van der Waals surface area (Å²) in [5, 5.41) is 9.75. The van der Waals surface area contributed by atoms with E-state index < -0.39 is 17.7 Å². The number of hydrogen-bond acceptors (Lipinski definition) is 3. The average molecular weight is 114 g/mol. The van der Waals surface area contributed by atoms with E-state index in [0.29, 0.717) is 0 Å². The zero-order valence-corrected chi connectivity index (χ0v) is 4.51. The van der Waals surface area contributed by atoms with Gasteiger partial charge in [0.1, 0.15) is 0 Å². The Morgan fingerprint density at radius 2 is 2.00 bits per heavy atom. The van der Waals surface area contributed by atoms with E-state index in [1.165, 1.54) is 0 Å². The molecule has 0 saturated carbocycles. The maximum absolute atomic E-state index is 10.1. The summed E-state index contributed by atoms with van der Waals surface area (Å²) < 4.78 is 0. The van der Waals surface area contributed by atoms with Crippen molar-refractivity contribution in [2.24, 2.45) is 5.92 Å². The van der Waals surface area contributed by atoms with Crippen LogP contribution in [0.5, 0.6) is 0 Å². The molecule has 0 saturated heterocycles. The summed E-state index contributed by atoms with van der Waals surface area (Å²) in [5.74, 6) is -3.11. The van der Waals surface area contributed by atoms with Crippen molar-refractivity contribution in [1.82, 2.24) is 0 Å². The van der Waals surface area contributed by atoms with E-state index in [0.717, 1.165) is 6.92 Å². The third kappa shape index (κ3) is 1.64. The van der Waals surface area contributed by atoms with Crippen molar-refractivity contribution in [3.05, 3.63) is 6.92 Å². The Kier molecular flexibility index (Phi) is 2.06. The number of carboxylic acids is 1. The Bertz CT molecular complexity index is 103. The number of aliphatic carboxylic acids is 1. The van der Waals surface area contributed by atoms with Crippen LogP contribution in [0, 0.1) is 12.8 Å². The minimum Gasteiger partial charge on any atom is -0.545 e. The second kappa shape index (κ2) is 2.35. The van der Waals surface area contributed by atoms with Gasteiger partial charge in [-0.05, 0) is 6.92 Å². The van der Waals surface area contributed by atoms with Crippen LogP contribution < -0.4 is 5.11 Å². The first-order chi connectivity index (χ1) is 3.55. The van der Waals surface area contributed by atoms with Gasteiger partial charge < -0.3 is 9.90 Å². The number of rotatable bonds is 2. The first-order valence-electron chi connectivity index (χ1n) is 2.10. The largest absolute Gasteiger partial charge is 0.545 e. The molecule has 0 aromatic carbocycles. The molecule has 0 fully saturated rings. The molecule has 0 aliphatic heterocycles. The Morgan fingerprint density at radius 1 is 1.62 bits per heavy atom. The summed E-state index contributed by atoms with van der Waals surface area (Å²) in [5.41, 5.74) is 0. The molecule has 3 heteroatoms. The van der Waals surface area contributed by atoms with Gasteiger partial charge in [0.25, 0.3) is 0 Å². The van der Waals surface area contributed by atoms with E-state index in [1.807, 2.05) is 0 Å². The second-order valence-electron chi connectivity index (χ2n) is 1.48. The highest BCUT2D eigenvalue weighted by Crippen LogP contribution is 1.90. The molecule has 0 aromatic heterocycles. The lowest BCUT2D eigenvalue weighted by atomic mass is 10.1. The topological polar surface area (TPSA) is 57.2 Å². The Hall–Kier alpha value is -0.990. The van der Waals surface area contributed by atoms with Crippen molar-refractivity contribution in [2.45, 2.75) is 6.92 Å². The van der Waals surface area contributed by atoms with Gasteiger partial charge in [-0.3, -0.25) is 4.79 Å². The standard InChI is InChI=1S/C5H6O3/c1-3(4(2)6)5(7)8/h3H,1H2,2H3. The van der Waals surface area contributed by atoms with Crippen molar-refractivity contribution in [2.75, 3.05) is 0 Å². The van der Waals surface area contributed by atoms with Crippen molar-refractivity contribution >= 4 is 11.8 Å². The lowest BCUT2D eigenvalue weighted by Gasteiger charge is -1.98. The van der Waals surface area contributed by atoms with Gasteiger partial charge in [-0.25, -0.2) is 0 Å². The second-order valence-corrected chi connectivity index (χ2v) is 1.48. The van der Waals surface area contributed by atoms with Crippen LogP contribution in [-0.4, -0.2) is 11.8 Å². The summed E-state index contributed by atoms with van der Waals surface area (Å²) in [6.45, 7) is 4.19. The summed E-state index contributed by atoms with van der Waals surface area (Å²) >= 11 is 0. The molecule has 0 aliphatic rings. The highest BCUT2D eigenvalue weighted by molar-refractivity contribution is 5.96. The zero-order chi connectivity index (χ0) is 6.73.